The molecule has 2 nitrogen and oxygen atoms in total. The van der Waals surface area contributed by atoms with E-state index < -0.39 is 0 Å². The van der Waals surface area contributed by atoms with Crippen LogP contribution in [0.1, 0.15) is 213 Å². The molecule has 0 heterocycles. The first kappa shape index (κ1) is 39.2. The summed E-state index contributed by atoms with van der Waals surface area (Å²) in [4.78, 5) is 11.9. The minimum Gasteiger partial charge on any atom is -0.466 e. The van der Waals surface area contributed by atoms with E-state index in [1.807, 2.05) is 0 Å². The summed E-state index contributed by atoms with van der Waals surface area (Å²) in [5, 5.41) is 0. The molecule has 238 valence electrons. The highest BCUT2D eigenvalue weighted by molar-refractivity contribution is 5.69. The molecule has 0 atom stereocenters. The van der Waals surface area contributed by atoms with Gasteiger partial charge in [-0.05, 0) is 44.4 Å². The fraction of sp³-hybridized carbons (Fsp3) is 0.921. The molecule has 0 aromatic rings. The van der Waals surface area contributed by atoms with Crippen molar-refractivity contribution in [1.29, 1.82) is 0 Å². The van der Waals surface area contributed by atoms with Crippen LogP contribution in [0.25, 0.3) is 0 Å². The third-order valence-corrected chi connectivity index (χ3v) is 8.33. The molecule has 0 amide bonds. The summed E-state index contributed by atoms with van der Waals surface area (Å²) in [5.74, 6) is 0.894. The van der Waals surface area contributed by atoms with Crippen LogP contribution in [0.15, 0.2) is 12.2 Å². The highest BCUT2D eigenvalue weighted by Crippen LogP contribution is 2.15. The largest absolute Gasteiger partial charge is 0.466 e. The maximum atomic E-state index is 11.9. The van der Waals surface area contributed by atoms with Crippen molar-refractivity contribution in [2.24, 2.45) is 5.92 Å². The molecule has 0 unspecified atom stereocenters. The molecule has 0 fully saturated rings. The highest BCUT2D eigenvalue weighted by atomic mass is 16.5. The Balaban J connectivity index is 3.19. The number of hydrogen-bond donors (Lipinski definition) is 0. The van der Waals surface area contributed by atoms with Gasteiger partial charge < -0.3 is 4.74 Å². The second-order valence-electron chi connectivity index (χ2n) is 13.0. The van der Waals surface area contributed by atoms with Gasteiger partial charge >= 0.3 is 5.97 Å². The van der Waals surface area contributed by atoms with Gasteiger partial charge in [0.1, 0.15) is 0 Å². The zero-order valence-corrected chi connectivity index (χ0v) is 28.0. The molecule has 0 aromatic carbocycles. The molecule has 0 N–H and O–H groups in total. The summed E-state index contributed by atoms with van der Waals surface area (Å²) in [7, 11) is 0. The minimum absolute atomic E-state index is 0.0174. The quantitative estimate of drug-likeness (QED) is 0.0451. The van der Waals surface area contributed by atoms with Crippen LogP contribution in [0, 0.1) is 5.92 Å². The molecular weight excluding hydrogens is 488 g/mol. The van der Waals surface area contributed by atoms with Gasteiger partial charge in [-0.15, -0.1) is 0 Å². The normalized spacial score (nSPS) is 11.7. The summed E-state index contributed by atoms with van der Waals surface area (Å²) in [6.45, 7) is 7.57. The number of carbonyl (C=O) groups is 1. The van der Waals surface area contributed by atoms with E-state index in [4.69, 9.17) is 4.74 Å². The van der Waals surface area contributed by atoms with Gasteiger partial charge in [0, 0.05) is 6.42 Å². The fourth-order valence-corrected chi connectivity index (χ4v) is 5.55. The maximum Gasteiger partial charge on any atom is 0.305 e. The predicted molar refractivity (Wildman–Crippen MR) is 179 cm³/mol. The molecule has 0 aliphatic carbocycles. The van der Waals surface area contributed by atoms with E-state index in [1.165, 1.54) is 167 Å². The lowest BCUT2D eigenvalue weighted by molar-refractivity contribution is -0.143. The van der Waals surface area contributed by atoms with Gasteiger partial charge in [-0.2, -0.15) is 0 Å². The predicted octanol–water partition coefficient (Wildman–Crippen LogP) is 13.5. The zero-order chi connectivity index (χ0) is 29.2. The number of unbranched alkanes of at least 4 members (excludes halogenated alkanes) is 25. The van der Waals surface area contributed by atoms with E-state index in [1.54, 1.807) is 0 Å². The molecule has 0 aliphatic rings. The van der Waals surface area contributed by atoms with E-state index >= 15 is 0 Å². The maximum absolute atomic E-state index is 11.9. The topological polar surface area (TPSA) is 26.3 Å². The van der Waals surface area contributed by atoms with Crippen LogP contribution in [0.5, 0.6) is 0 Å². The summed E-state index contributed by atoms with van der Waals surface area (Å²) in [6, 6.07) is 0. The Morgan fingerprint density at radius 1 is 0.500 bits per heavy atom. The average Bonchev–Trinajstić information content (AvgIpc) is 2.94. The van der Waals surface area contributed by atoms with Crippen molar-refractivity contribution in [1.82, 2.24) is 0 Å². The molecule has 0 spiro atoms. The Bertz CT molecular complexity index is 510. The summed E-state index contributed by atoms with van der Waals surface area (Å²) >= 11 is 0. The van der Waals surface area contributed by atoms with Gasteiger partial charge in [-0.1, -0.05) is 181 Å². The van der Waals surface area contributed by atoms with Gasteiger partial charge in [0.2, 0.25) is 0 Å². The van der Waals surface area contributed by atoms with Crippen LogP contribution in [0.3, 0.4) is 0 Å². The standard InChI is InChI=1S/C38H74O2/c1-4-5-6-7-8-9-10-11-13-17-20-23-26-29-32-35-38(39)40-36-33-30-27-24-21-18-15-12-14-16-19-22-25-28-31-34-37(2)3/h11,13,37H,4-10,12,14-36H2,1-3H3. The monoisotopic (exact) mass is 563 g/mol. The molecule has 0 radical (unpaired) electrons. The Kier molecular flexibility index (Phi) is 33.7. The third-order valence-electron chi connectivity index (χ3n) is 8.33. The molecule has 0 saturated carbocycles. The van der Waals surface area contributed by atoms with E-state index in [-0.39, 0.29) is 5.97 Å². The second kappa shape index (κ2) is 34.4. The lowest BCUT2D eigenvalue weighted by atomic mass is 10.0. The summed E-state index contributed by atoms with van der Waals surface area (Å²) in [5.41, 5.74) is 0. The van der Waals surface area contributed by atoms with Crippen LogP contribution in [-0.2, 0) is 9.53 Å². The van der Waals surface area contributed by atoms with Gasteiger partial charge in [0.25, 0.3) is 0 Å². The number of allylic oxidation sites excluding steroid dienone is 2. The molecule has 0 saturated heterocycles. The Labute approximate surface area is 253 Å². The Morgan fingerprint density at radius 3 is 1.32 bits per heavy atom. The van der Waals surface area contributed by atoms with E-state index in [0.29, 0.717) is 13.0 Å². The van der Waals surface area contributed by atoms with Crippen LogP contribution in [0.2, 0.25) is 0 Å². The van der Waals surface area contributed by atoms with Gasteiger partial charge in [-0.25, -0.2) is 0 Å². The molecule has 0 rings (SSSR count). The van der Waals surface area contributed by atoms with Gasteiger partial charge in [0.05, 0.1) is 6.61 Å². The number of ether oxygens (including phenoxy) is 1. The van der Waals surface area contributed by atoms with Crippen molar-refractivity contribution in [2.45, 2.75) is 213 Å². The van der Waals surface area contributed by atoms with Crippen LogP contribution < -0.4 is 0 Å². The van der Waals surface area contributed by atoms with Gasteiger partial charge in [-0.3, -0.25) is 4.79 Å². The first-order valence-corrected chi connectivity index (χ1v) is 18.5. The first-order chi connectivity index (χ1) is 19.7. The third kappa shape index (κ3) is 35.2. The van der Waals surface area contributed by atoms with Crippen molar-refractivity contribution >= 4 is 5.97 Å². The van der Waals surface area contributed by atoms with Crippen molar-refractivity contribution in [3.8, 4) is 0 Å². The number of esters is 1. The van der Waals surface area contributed by atoms with Crippen LogP contribution in [-0.4, -0.2) is 12.6 Å². The molecule has 0 bridgehead atoms. The average molecular weight is 563 g/mol. The number of carbonyl (C=O) groups excluding carboxylic acids is 1. The molecule has 2 heteroatoms. The van der Waals surface area contributed by atoms with Crippen molar-refractivity contribution in [3.63, 3.8) is 0 Å². The number of hydrogen-bond acceptors (Lipinski definition) is 2. The summed E-state index contributed by atoms with van der Waals surface area (Å²) in [6.07, 6.45) is 44.2. The number of rotatable bonds is 33. The summed E-state index contributed by atoms with van der Waals surface area (Å²) < 4.78 is 5.44. The smallest absolute Gasteiger partial charge is 0.305 e. The van der Waals surface area contributed by atoms with E-state index in [0.717, 1.165) is 25.2 Å². The SMILES string of the molecule is CCCCCCCCC=CCCCCCCCC(=O)OCCCCCCCCCCCCCCCCCC(C)C. The second-order valence-corrected chi connectivity index (χ2v) is 13.0. The Morgan fingerprint density at radius 2 is 0.875 bits per heavy atom. The molecule has 0 aliphatic heterocycles. The lowest BCUT2D eigenvalue weighted by Gasteiger charge is -2.06. The zero-order valence-electron chi connectivity index (χ0n) is 28.0. The minimum atomic E-state index is 0.0174. The molecule has 0 aromatic heterocycles. The van der Waals surface area contributed by atoms with Crippen molar-refractivity contribution in [2.75, 3.05) is 6.61 Å². The van der Waals surface area contributed by atoms with Crippen LogP contribution >= 0.6 is 0 Å². The van der Waals surface area contributed by atoms with E-state index in [9.17, 15) is 4.79 Å². The molecule has 40 heavy (non-hydrogen) atoms. The highest BCUT2D eigenvalue weighted by Gasteiger charge is 2.02. The Hall–Kier alpha value is -0.790. The van der Waals surface area contributed by atoms with Crippen LogP contribution in [0.4, 0.5) is 0 Å². The lowest BCUT2D eigenvalue weighted by Crippen LogP contribution is -2.05. The fourth-order valence-electron chi connectivity index (χ4n) is 5.55. The molecular formula is C38H74O2. The van der Waals surface area contributed by atoms with E-state index in [2.05, 4.69) is 32.9 Å². The first-order valence-electron chi connectivity index (χ1n) is 18.5. The van der Waals surface area contributed by atoms with Crippen molar-refractivity contribution < 1.29 is 9.53 Å². The van der Waals surface area contributed by atoms with Gasteiger partial charge in [0.15, 0.2) is 0 Å². The van der Waals surface area contributed by atoms with Crippen molar-refractivity contribution in [3.05, 3.63) is 12.2 Å².